The van der Waals surface area contributed by atoms with Crippen LogP contribution in [0.2, 0.25) is 0 Å². The van der Waals surface area contributed by atoms with E-state index in [9.17, 15) is 4.79 Å². The molecule has 2 N–H and O–H groups in total. The fourth-order valence-corrected chi connectivity index (χ4v) is 1.54. The Hall–Kier alpha value is -0.610. The van der Waals surface area contributed by atoms with E-state index in [0.29, 0.717) is 25.7 Å². The molecular formula is C12H26N2O2. The summed E-state index contributed by atoms with van der Waals surface area (Å²) in [6.07, 6.45) is 4.23. The molecule has 0 saturated carbocycles. The first-order valence-corrected chi connectivity index (χ1v) is 6.23. The van der Waals surface area contributed by atoms with Crippen molar-refractivity contribution in [2.24, 2.45) is 0 Å². The molecule has 1 unspecified atom stereocenters. The lowest BCUT2D eigenvalue weighted by molar-refractivity contribution is -0.120. The van der Waals surface area contributed by atoms with Crippen molar-refractivity contribution >= 4 is 5.91 Å². The minimum atomic E-state index is 0.0747. The first-order valence-electron chi connectivity index (χ1n) is 6.23. The van der Waals surface area contributed by atoms with E-state index in [4.69, 9.17) is 4.74 Å². The summed E-state index contributed by atoms with van der Waals surface area (Å²) in [5.74, 6) is 0.0747. The molecule has 4 heteroatoms. The Morgan fingerprint density at radius 1 is 1.38 bits per heavy atom. The Morgan fingerprint density at radius 2 is 2.12 bits per heavy atom. The predicted molar refractivity (Wildman–Crippen MR) is 66.5 cm³/mol. The van der Waals surface area contributed by atoms with Crippen LogP contribution >= 0.6 is 0 Å². The van der Waals surface area contributed by atoms with Crippen LogP contribution in [0.4, 0.5) is 0 Å². The summed E-state index contributed by atoms with van der Waals surface area (Å²) in [5, 5.41) is 6.13. The van der Waals surface area contributed by atoms with Crippen LogP contribution in [0.1, 0.15) is 39.5 Å². The summed E-state index contributed by atoms with van der Waals surface area (Å²) in [4.78, 5) is 11.4. The van der Waals surface area contributed by atoms with Crippen molar-refractivity contribution < 1.29 is 9.53 Å². The molecule has 0 aromatic rings. The molecule has 1 atom stereocenters. The van der Waals surface area contributed by atoms with Crippen LogP contribution in [-0.2, 0) is 9.53 Å². The van der Waals surface area contributed by atoms with Crippen molar-refractivity contribution in [3.8, 4) is 0 Å². The van der Waals surface area contributed by atoms with Crippen molar-refractivity contribution in [3.05, 3.63) is 0 Å². The number of carbonyl (C=O) groups excluding carboxylic acids is 1. The van der Waals surface area contributed by atoms with E-state index in [2.05, 4.69) is 24.5 Å². The minimum Gasteiger partial charge on any atom is -0.385 e. The summed E-state index contributed by atoms with van der Waals surface area (Å²) in [6, 6.07) is 0.467. The zero-order valence-corrected chi connectivity index (χ0v) is 10.8. The highest BCUT2D eigenvalue weighted by molar-refractivity contribution is 5.77. The van der Waals surface area contributed by atoms with Gasteiger partial charge in [0.15, 0.2) is 0 Å². The second kappa shape index (κ2) is 10.9. The normalized spacial score (nSPS) is 12.4. The molecule has 0 radical (unpaired) electrons. The molecule has 0 spiro atoms. The molecule has 0 aliphatic rings. The predicted octanol–water partition coefficient (Wildman–Crippen LogP) is 1.31. The molecule has 96 valence electrons. The van der Waals surface area contributed by atoms with Crippen molar-refractivity contribution in [1.82, 2.24) is 10.6 Å². The SMILES string of the molecule is CCCC(CC)NCC(=O)NCCCOC. The first-order chi connectivity index (χ1) is 7.74. The Morgan fingerprint density at radius 3 is 2.69 bits per heavy atom. The van der Waals surface area contributed by atoms with E-state index in [1.807, 2.05) is 0 Å². The van der Waals surface area contributed by atoms with Gasteiger partial charge >= 0.3 is 0 Å². The second-order valence-corrected chi connectivity index (χ2v) is 3.97. The van der Waals surface area contributed by atoms with Crippen LogP contribution in [0.3, 0.4) is 0 Å². The lowest BCUT2D eigenvalue weighted by Gasteiger charge is -2.15. The topological polar surface area (TPSA) is 50.4 Å². The Balaban J connectivity index is 3.47. The lowest BCUT2D eigenvalue weighted by Crippen LogP contribution is -2.39. The highest BCUT2D eigenvalue weighted by atomic mass is 16.5. The molecule has 0 saturated heterocycles. The highest BCUT2D eigenvalue weighted by Crippen LogP contribution is 1.99. The van der Waals surface area contributed by atoms with Crippen LogP contribution in [-0.4, -0.2) is 38.8 Å². The average molecular weight is 230 g/mol. The summed E-state index contributed by atoms with van der Waals surface area (Å²) in [7, 11) is 1.67. The molecule has 4 nitrogen and oxygen atoms in total. The van der Waals surface area contributed by atoms with E-state index in [1.165, 1.54) is 0 Å². The van der Waals surface area contributed by atoms with E-state index in [1.54, 1.807) is 7.11 Å². The molecule has 0 heterocycles. The van der Waals surface area contributed by atoms with E-state index >= 15 is 0 Å². The summed E-state index contributed by atoms with van der Waals surface area (Å²) in [6.45, 7) is 6.12. The maximum Gasteiger partial charge on any atom is 0.233 e. The lowest BCUT2D eigenvalue weighted by atomic mass is 10.1. The molecule has 0 bridgehead atoms. The van der Waals surface area contributed by atoms with Gasteiger partial charge in [-0.1, -0.05) is 20.3 Å². The van der Waals surface area contributed by atoms with Gasteiger partial charge in [-0.05, 0) is 19.3 Å². The minimum absolute atomic E-state index is 0.0747. The number of methoxy groups -OCH3 is 1. The van der Waals surface area contributed by atoms with Gasteiger partial charge in [0, 0.05) is 26.3 Å². The fourth-order valence-electron chi connectivity index (χ4n) is 1.54. The van der Waals surface area contributed by atoms with Gasteiger partial charge in [0.1, 0.15) is 0 Å². The van der Waals surface area contributed by atoms with Gasteiger partial charge in [0.05, 0.1) is 6.54 Å². The second-order valence-electron chi connectivity index (χ2n) is 3.97. The third kappa shape index (κ3) is 8.68. The zero-order chi connectivity index (χ0) is 12.2. The summed E-state index contributed by atoms with van der Waals surface area (Å²) >= 11 is 0. The van der Waals surface area contributed by atoms with Crippen molar-refractivity contribution in [2.45, 2.75) is 45.6 Å². The first kappa shape index (κ1) is 15.4. The molecule has 0 aliphatic heterocycles. The van der Waals surface area contributed by atoms with Gasteiger partial charge in [0.2, 0.25) is 5.91 Å². The van der Waals surface area contributed by atoms with Gasteiger partial charge in [-0.15, -0.1) is 0 Å². The van der Waals surface area contributed by atoms with Crippen LogP contribution < -0.4 is 10.6 Å². The third-order valence-electron chi connectivity index (χ3n) is 2.53. The maximum absolute atomic E-state index is 11.4. The number of nitrogens with one attached hydrogen (secondary N) is 2. The number of amides is 1. The maximum atomic E-state index is 11.4. The van der Waals surface area contributed by atoms with Crippen molar-refractivity contribution in [2.75, 3.05) is 26.8 Å². The molecule has 16 heavy (non-hydrogen) atoms. The van der Waals surface area contributed by atoms with Gasteiger partial charge in [-0.3, -0.25) is 4.79 Å². The van der Waals surface area contributed by atoms with Crippen LogP contribution in [0, 0.1) is 0 Å². The zero-order valence-electron chi connectivity index (χ0n) is 10.8. The van der Waals surface area contributed by atoms with Crippen molar-refractivity contribution in [1.29, 1.82) is 0 Å². The van der Waals surface area contributed by atoms with E-state index < -0.39 is 0 Å². The van der Waals surface area contributed by atoms with Crippen LogP contribution in [0.15, 0.2) is 0 Å². The molecule has 0 aromatic heterocycles. The molecule has 1 amide bonds. The van der Waals surface area contributed by atoms with E-state index in [-0.39, 0.29) is 5.91 Å². The molecular weight excluding hydrogens is 204 g/mol. The van der Waals surface area contributed by atoms with Gasteiger partial charge in [-0.25, -0.2) is 0 Å². The van der Waals surface area contributed by atoms with Crippen molar-refractivity contribution in [3.63, 3.8) is 0 Å². The van der Waals surface area contributed by atoms with Gasteiger partial charge in [-0.2, -0.15) is 0 Å². The smallest absolute Gasteiger partial charge is 0.233 e. The van der Waals surface area contributed by atoms with Crippen LogP contribution in [0.5, 0.6) is 0 Å². The molecule has 0 aromatic carbocycles. The highest BCUT2D eigenvalue weighted by Gasteiger charge is 2.06. The monoisotopic (exact) mass is 230 g/mol. The van der Waals surface area contributed by atoms with Gasteiger partial charge < -0.3 is 15.4 Å². The third-order valence-corrected chi connectivity index (χ3v) is 2.53. The Bertz CT molecular complexity index is 174. The number of ether oxygens (including phenoxy) is 1. The summed E-state index contributed by atoms with van der Waals surface area (Å²) < 4.78 is 4.90. The number of hydrogen-bond donors (Lipinski definition) is 2. The largest absolute Gasteiger partial charge is 0.385 e. The number of rotatable bonds is 10. The number of hydrogen-bond acceptors (Lipinski definition) is 3. The fraction of sp³-hybridized carbons (Fsp3) is 0.917. The Kier molecular flexibility index (Phi) is 10.5. The van der Waals surface area contributed by atoms with E-state index in [0.717, 1.165) is 25.7 Å². The molecule has 0 rings (SSSR count). The van der Waals surface area contributed by atoms with Crippen LogP contribution in [0.25, 0.3) is 0 Å². The average Bonchev–Trinajstić information content (AvgIpc) is 2.30. The van der Waals surface area contributed by atoms with Gasteiger partial charge in [0.25, 0.3) is 0 Å². The number of carbonyl (C=O) groups is 1. The quantitative estimate of drug-likeness (QED) is 0.556. The standard InChI is InChI=1S/C12H26N2O2/c1-4-7-11(5-2)14-10-12(15)13-8-6-9-16-3/h11,14H,4-10H2,1-3H3,(H,13,15). The summed E-state index contributed by atoms with van der Waals surface area (Å²) in [5.41, 5.74) is 0. The Labute approximate surface area is 99.1 Å². The molecule has 0 aliphatic carbocycles. The molecule has 0 fully saturated rings.